The zero-order valence-corrected chi connectivity index (χ0v) is 23.3. The first-order valence-corrected chi connectivity index (χ1v) is 12.6. The third kappa shape index (κ3) is 6.99. The molecule has 2 aromatic carbocycles. The average molecular weight is 581 g/mol. The molecule has 0 aliphatic rings. The minimum absolute atomic E-state index is 0.144. The fourth-order valence-electron chi connectivity index (χ4n) is 3.24. The van der Waals surface area contributed by atoms with Gasteiger partial charge in [-0.2, -0.15) is 5.10 Å². The molecule has 3 aromatic rings. The number of amides is 3. The largest absolute Gasteiger partial charge is 0.322 e. The minimum atomic E-state index is -0.373. The summed E-state index contributed by atoms with van der Waals surface area (Å²) in [6.45, 7) is 9.67. The van der Waals surface area contributed by atoms with Gasteiger partial charge in [0.1, 0.15) is 12.4 Å². The van der Waals surface area contributed by atoms with E-state index in [2.05, 4.69) is 26.6 Å². The number of benzene rings is 2. The molecule has 1 heterocycles. The van der Waals surface area contributed by atoms with Crippen LogP contribution in [0.4, 0.5) is 16.3 Å². The zero-order chi connectivity index (χ0) is 25.9. The Morgan fingerprint density at radius 3 is 2.37 bits per heavy atom. The van der Waals surface area contributed by atoms with E-state index in [1.807, 2.05) is 52.8 Å². The fourth-order valence-corrected chi connectivity index (χ4v) is 3.93. The van der Waals surface area contributed by atoms with Crippen LogP contribution in [0.1, 0.15) is 40.3 Å². The Balaban J connectivity index is 1.83. The van der Waals surface area contributed by atoms with Crippen molar-refractivity contribution in [2.75, 3.05) is 17.2 Å². The number of aromatic nitrogens is 2. The van der Waals surface area contributed by atoms with Crippen molar-refractivity contribution in [3.05, 3.63) is 68.7 Å². The molecule has 0 aliphatic carbocycles. The van der Waals surface area contributed by atoms with Crippen molar-refractivity contribution in [3.8, 4) is 5.69 Å². The van der Waals surface area contributed by atoms with E-state index >= 15 is 0 Å². The van der Waals surface area contributed by atoms with E-state index in [-0.39, 0.29) is 29.9 Å². The molecule has 0 saturated heterocycles. The number of rotatable bonds is 6. The number of carbonyl (C=O) groups excluding carboxylic acids is 2. The molecule has 0 fully saturated rings. The summed E-state index contributed by atoms with van der Waals surface area (Å²) < 4.78 is 2.46. The Bertz CT molecular complexity index is 1240. The van der Waals surface area contributed by atoms with Gasteiger partial charge in [-0.25, -0.2) is 9.48 Å². The van der Waals surface area contributed by atoms with E-state index in [1.165, 1.54) is 4.90 Å². The monoisotopic (exact) mass is 579 g/mol. The van der Waals surface area contributed by atoms with Gasteiger partial charge in [-0.1, -0.05) is 66.0 Å². The standard InChI is InChI=1S/C25H28BrCl2N5O2/c1-15(2)32(24(35)29-17-8-6-7-16(26)11-17)14-23(34)30-22-13-21(25(3,4)5)31-33(22)18-9-10-19(27)20(28)12-18/h6-13,15H,14H2,1-5H3,(H,29,35)(H,30,34). The summed E-state index contributed by atoms with van der Waals surface area (Å²) in [5, 5.41) is 11.2. The molecule has 1 aromatic heterocycles. The van der Waals surface area contributed by atoms with Crippen LogP contribution in [0.25, 0.3) is 5.69 Å². The molecule has 0 atom stereocenters. The van der Waals surface area contributed by atoms with Crippen LogP contribution in [0.3, 0.4) is 0 Å². The van der Waals surface area contributed by atoms with Crippen LogP contribution in [0.2, 0.25) is 10.0 Å². The van der Waals surface area contributed by atoms with Crippen molar-refractivity contribution in [2.24, 2.45) is 0 Å². The number of nitrogens with one attached hydrogen (secondary N) is 2. The maximum atomic E-state index is 13.1. The molecule has 0 aliphatic heterocycles. The van der Waals surface area contributed by atoms with Gasteiger partial charge in [0.2, 0.25) is 5.91 Å². The van der Waals surface area contributed by atoms with Gasteiger partial charge in [0, 0.05) is 27.7 Å². The highest BCUT2D eigenvalue weighted by atomic mass is 79.9. The maximum Gasteiger partial charge on any atom is 0.322 e. The number of carbonyl (C=O) groups is 2. The number of hydrogen-bond acceptors (Lipinski definition) is 3. The summed E-state index contributed by atoms with van der Waals surface area (Å²) in [5.74, 6) is 0.110. The summed E-state index contributed by atoms with van der Waals surface area (Å²) in [6.07, 6.45) is 0. The van der Waals surface area contributed by atoms with E-state index in [1.54, 1.807) is 35.0 Å². The van der Waals surface area contributed by atoms with Crippen LogP contribution in [0.5, 0.6) is 0 Å². The molecule has 10 heteroatoms. The van der Waals surface area contributed by atoms with Crippen molar-refractivity contribution in [1.82, 2.24) is 14.7 Å². The Hall–Kier alpha value is -2.55. The molecule has 0 radical (unpaired) electrons. The Labute approximate surface area is 223 Å². The second-order valence-electron chi connectivity index (χ2n) is 9.39. The van der Waals surface area contributed by atoms with E-state index in [0.29, 0.717) is 27.2 Å². The second-order valence-corrected chi connectivity index (χ2v) is 11.1. The van der Waals surface area contributed by atoms with Gasteiger partial charge in [-0.3, -0.25) is 4.79 Å². The molecule has 0 saturated carbocycles. The van der Waals surface area contributed by atoms with Crippen molar-refractivity contribution in [3.63, 3.8) is 0 Å². The fraction of sp³-hybridized carbons (Fsp3) is 0.320. The number of urea groups is 1. The first-order chi connectivity index (χ1) is 16.3. The summed E-state index contributed by atoms with van der Waals surface area (Å²) in [4.78, 5) is 27.5. The highest BCUT2D eigenvalue weighted by Crippen LogP contribution is 2.29. The molecule has 2 N–H and O–H groups in total. The maximum absolute atomic E-state index is 13.1. The molecule has 0 bridgehead atoms. The van der Waals surface area contributed by atoms with Gasteiger partial charge in [0.15, 0.2) is 0 Å². The van der Waals surface area contributed by atoms with E-state index in [9.17, 15) is 9.59 Å². The zero-order valence-electron chi connectivity index (χ0n) is 20.2. The van der Waals surface area contributed by atoms with E-state index < -0.39 is 0 Å². The van der Waals surface area contributed by atoms with Crippen LogP contribution in [-0.4, -0.2) is 39.2 Å². The third-order valence-electron chi connectivity index (χ3n) is 5.17. The predicted octanol–water partition coefficient (Wildman–Crippen LogP) is 7.12. The third-order valence-corrected chi connectivity index (χ3v) is 6.40. The minimum Gasteiger partial charge on any atom is -0.313 e. The molecular formula is C25H28BrCl2N5O2. The van der Waals surface area contributed by atoms with Crippen molar-refractivity contribution in [2.45, 2.75) is 46.1 Å². The number of nitrogens with zero attached hydrogens (tertiary/aromatic N) is 3. The quantitative estimate of drug-likeness (QED) is 0.326. The lowest BCUT2D eigenvalue weighted by Gasteiger charge is -2.26. The summed E-state index contributed by atoms with van der Waals surface area (Å²) >= 11 is 15.7. The summed E-state index contributed by atoms with van der Waals surface area (Å²) in [5.41, 5.74) is 1.81. The predicted molar refractivity (Wildman–Crippen MR) is 146 cm³/mol. The molecule has 3 rings (SSSR count). The second kappa shape index (κ2) is 11.0. The normalized spacial score (nSPS) is 11.5. The van der Waals surface area contributed by atoms with Crippen molar-refractivity contribution in [1.29, 1.82) is 0 Å². The van der Waals surface area contributed by atoms with Gasteiger partial charge in [-0.15, -0.1) is 0 Å². The molecule has 186 valence electrons. The first-order valence-electron chi connectivity index (χ1n) is 11.0. The van der Waals surface area contributed by atoms with Crippen molar-refractivity contribution >= 4 is 62.6 Å². The van der Waals surface area contributed by atoms with Crippen LogP contribution < -0.4 is 10.6 Å². The van der Waals surface area contributed by atoms with Gasteiger partial charge in [0.25, 0.3) is 0 Å². The van der Waals surface area contributed by atoms with E-state index in [0.717, 1.165) is 10.2 Å². The van der Waals surface area contributed by atoms with Crippen LogP contribution in [0, 0.1) is 0 Å². The lowest BCUT2D eigenvalue weighted by Crippen LogP contribution is -2.44. The smallest absolute Gasteiger partial charge is 0.313 e. The van der Waals surface area contributed by atoms with Gasteiger partial charge in [-0.05, 0) is 50.2 Å². The van der Waals surface area contributed by atoms with Crippen molar-refractivity contribution < 1.29 is 9.59 Å². The van der Waals surface area contributed by atoms with Gasteiger partial charge in [0.05, 0.1) is 21.4 Å². The van der Waals surface area contributed by atoms with Gasteiger partial charge < -0.3 is 15.5 Å². The lowest BCUT2D eigenvalue weighted by molar-refractivity contribution is -0.117. The summed E-state index contributed by atoms with van der Waals surface area (Å²) in [6, 6.07) is 13.6. The Morgan fingerprint density at radius 1 is 1.06 bits per heavy atom. The molecular weight excluding hydrogens is 553 g/mol. The molecule has 35 heavy (non-hydrogen) atoms. The average Bonchev–Trinajstić information content (AvgIpc) is 3.18. The number of halogens is 3. The van der Waals surface area contributed by atoms with Crippen LogP contribution in [-0.2, 0) is 10.2 Å². The van der Waals surface area contributed by atoms with Gasteiger partial charge >= 0.3 is 6.03 Å². The highest BCUT2D eigenvalue weighted by Gasteiger charge is 2.24. The molecule has 0 unspecified atom stereocenters. The Kier molecular flexibility index (Phi) is 8.51. The SMILES string of the molecule is CC(C)N(CC(=O)Nc1cc(C(C)(C)C)nn1-c1ccc(Cl)c(Cl)c1)C(=O)Nc1cccc(Br)c1. The highest BCUT2D eigenvalue weighted by molar-refractivity contribution is 9.10. The van der Waals surface area contributed by atoms with Crippen LogP contribution >= 0.6 is 39.1 Å². The Morgan fingerprint density at radius 2 is 1.77 bits per heavy atom. The van der Waals surface area contributed by atoms with E-state index in [4.69, 9.17) is 28.3 Å². The molecule has 7 nitrogen and oxygen atoms in total. The number of hydrogen-bond donors (Lipinski definition) is 2. The number of anilines is 2. The molecule has 0 spiro atoms. The molecule has 3 amide bonds. The lowest BCUT2D eigenvalue weighted by atomic mass is 9.92. The van der Waals surface area contributed by atoms with Crippen LogP contribution in [0.15, 0.2) is 53.0 Å². The first kappa shape index (κ1) is 27.0. The summed E-state index contributed by atoms with van der Waals surface area (Å²) in [7, 11) is 0. The topological polar surface area (TPSA) is 79.3 Å².